The number of hydrogen-bond acceptors (Lipinski definition) is 6. The summed E-state index contributed by atoms with van der Waals surface area (Å²) in [7, 11) is 0. The largest absolute Gasteiger partial charge is 0.506 e. The number of imide groups is 1. The molecule has 0 saturated carbocycles. The van der Waals surface area contributed by atoms with Crippen molar-refractivity contribution >= 4 is 22.7 Å². The Morgan fingerprint density at radius 1 is 0.962 bits per heavy atom. The maximum atomic E-state index is 13.0. The lowest BCUT2D eigenvalue weighted by atomic mass is 10.0. The van der Waals surface area contributed by atoms with E-state index in [-0.39, 0.29) is 34.4 Å². The van der Waals surface area contributed by atoms with Crippen molar-refractivity contribution in [3.05, 3.63) is 59.0 Å². The average Bonchev–Trinajstić information content (AvgIpc) is 2.90. The second-order valence-corrected chi connectivity index (χ2v) is 5.88. The van der Waals surface area contributed by atoms with Crippen LogP contribution in [0.15, 0.2) is 36.5 Å². The molecule has 4 rings (SSSR count). The summed E-state index contributed by atoms with van der Waals surface area (Å²) in [5, 5.41) is 28.2. The zero-order valence-corrected chi connectivity index (χ0v) is 13.3. The number of carbonyl (C=O) groups is 2. The SMILES string of the molecule is O=C1c2c(c(O)c3nnccc3c2O)C(=O)N1CCc1ccc(F)cc1. The first-order valence-corrected chi connectivity index (χ1v) is 7.79. The Bertz CT molecular complexity index is 1010. The molecule has 3 aromatic rings. The monoisotopic (exact) mass is 353 g/mol. The average molecular weight is 353 g/mol. The van der Waals surface area contributed by atoms with Gasteiger partial charge in [-0.25, -0.2) is 4.39 Å². The molecule has 1 aromatic heterocycles. The predicted molar refractivity (Wildman–Crippen MR) is 88.3 cm³/mol. The molecule has 0 unspecified atom stereocenters. The number of aromatic nitrogens is 2. The fourth-order valence-corrected chi connectivity index (χ4v) is 3.06. The van der Waals surface area contributed by atoms with Gasteiger partial charge in [-0.15, -0.1) is 5.10 Å². The molecule has 0 spiro atoms. The van der Waals surface area contributed by atoms with Gasteiger partial charge in [0.2, 0.25) is 0 Å². The lowest BCUT2D eigenvalue weighted by Crippen LogP contribution is -2.31. The summed E-state index contributed by atoms with van der Waals surface area (Å²) >= 11 is 0. The smallest absolute Gasteiger partial charge is 0.265 e. The molecule has 2 amide bonds. The Kier molecular flexibility index (Phi) is 3.54. The van der Waals surface area contributed by atoms with Crippen LogP contribution in [0.4, 0.5) is 4.39 Å². The summed E-state index contributed by atoms with van der Waals surface area (Å²) < 4.78 is 13.0. The summed E-state index contributed by atoms with van der Waals surface area (Å²) in [5.74, 6) is -2.68. The normalized spacial score (nSPS) is 13.5. The number of carbonyl (C=O) groups excluding carboxylic acids is 2. The van der Waals surface area contributed by atoms with Gasteiger partial charge < -0.3 is 10.2 Å². The molecule has 1 aliphatic rings. The highest BCUT2D eigenvalue weighted by molar-refractivity contribution is 6.26. The second-order valence-electron chi connectivity index (χ2n) is 5.88. The van der Waals surface area contributed by atoms with E-state index in [9.17, 15) is 24.2 Å². The number of nitrogens with zero attached hydrogens (tertiary/aromatic N) is 3. The van der Waals surface area contributed by atoms with Gasteiger partial charge in [-0.05, 0) is 30.2 Å². The van der Waals surface area contributed by atoms with Crippen molar-refractivity contribution in [1.82, 2.24) is 15.1 Å². The van der Waals surface area contributed by atoms with Crippen LogP contribution < -0.4 is 0 Å². The molecule has 130 valence electrons. The van der Waals surface area contributed by atoms with Crippen LogP contribution in [0.1, 0.15) is 26.3 Å². The van der Waals surface area contributed by atoms with Crippen molar-refractivity contribution in [1.29, 1.82) is 0 Å². The molecule has 2 heterocycles. The Labute approximate surface area is 146 Å². The summed E-state index contributed by atoms with van der Waals surface area (Å²) in [6, 6.07) is 7.11. The van der Waals surface area contributed by atoms with Gasteiger partial charge in [0.15, 0.2) is 5.75 Å². The number of phenols is 2. The molecule has 0 fully saturated rings. The van der Waals surface area contributed by atoms with Gasteiger partial charge in [0.05, 0.1) is 17.1 Å². The lowest BCUT2D eigenvalue weighted by molar-refractivity contribution is 0.0655. The molecular weight excluding hydrogens is 341 g/mol. The number of hydrogen-bond donors (Lipinski definition) is 2. The van der Waals surface area contributed by atoms with Crippen LogP contribution in [-0.2, 0) is 6.42 Å². The number of phenolic OH excluding ortho intramolecular Hbond substituents is 2. The van der Waals surface area contributed by atoms with Crippen molar-refractivity contribution in [2.75, 3.05) is 6.54 Å². The molecule has 0 atom stereocenters. The van der Waals surface area contributed by atoms with E-state index in [4.69, 9.17) is 0 Å². The van der Waals surface area contributed by atoms with Gasteiger partial charge in [0.1, 0.15) is 22.6 Å². The van der Waals surface area contributed by atoms with E-state index >= 15 is 0 Å². The van der Waals surface area contributed by atoms with Gasteiger partial charge in [-0.3, -0.25) is 14.5 Å². The molecule has 26 heavy (non-hydrogen) atoms. The van der Waals surface area contributed by atoms with Gasteiger partial charge >= 0.3 is 0 Å². The highest BCUT2D eigenvalue weighted by atomic mass is 19.1. The molecule has 8 heteroatoms. The number of rotatable bonds is 3. The predicted octanol–water partition coefficient (Wildman–Crippen LogP) is 2.02. The summed E-state index contributed by atoms with van der Waals surface area (Å²) in [6.07, 6.45) is 1.62. The van der Waals surface area contributed by atoms with Crippen molar-refractivity contribution < 1.29 is 24.2 Å². The number of halogens is 1. The fraction of sp³-hybridized carbons (Fsp3) is 0.111. The number of amides is 2. The fourth-order valence-electron chi connectivity index (χ4n) is 3.06. The maximum absolute atomic E-state index is 13.0. The number of aromatic hydroxyl groups is 2. The zero-order valence-electron chi connectivity index (χ0n) is 13.3. The highest BCUT2D eigenvalue weighted by Crippen LogP contribution is 2.42. The van der Waals surface area contributed by atoms with Gasteiger partial charge in [-0.1, -0.05) is 12.1 Å². The van der Waals surface area contributed by atoms with Crippen molar-refractivity contribution in [2.24, 2.45) is 0 Å². The number of benzene rings is 2. The summed E-state index contributed by atoms with van der Waals surface area (Å²) in [4.78, 5) is 26.2. The zero-order chi connectivity index (χ0) is 18.4. The Balaban J connectivity index is 1.72. The van der Waals surface area contributed by atoms with Crippen LogP contribution in [0, 0.1) is 5.82 Å². The van der Waals surface area contributed by atoms with E-state index in [1.807, 2.05) is 0 Å². The molecule has 0 bridgehead atoms. The Hall–Kier alpha value is -3.55. The molecule has 7 nitrogen and oxygen atoms in total. The first-order chi connectivity index (χ1) is 12.5. The van der Waals surface area contributed by atoms with Crippen LogP contribution in [0.3, 0.4) is 0 Å². The molecule has 0 aliphatic carbocycles. The van der Waals surface area contributed by atoms with Crippen LogP contribution in [0.2, 0.25) is 0 Å². The molecular formula is C18H12FN3O4. The van der Waals surface area contributed by atoms with Gasteiger partial charge in [0.25, 0.3) is 11.8 Å². The molecule has 0 saturated heterocycles. The van der Waals surface area contributed by atoms with Crippen LogP contribution >= 0.6 is 0 Å². The van der Waals surface area contributed by atoms with E-state index in [1.165, 1.54) is 24.4 Å². The van der Waals surface area contributed by atoms with Crippen LogP contribution in [-0.4, -0.2) is 43.7 Å². The third kappa shape index (κ3) is 2.26. The maximum Gasteiger partial charge on any atom is 0.265 e. The summed E-state index contributed by atoms with van der Waals surface area (Å²) in [6.45, 7) is 0.0267. The first-order valence-electron chi connectivity index (χ1n) is 7.79. The second kappa shape index (κ2) is 5.76. The topological polar surface area (TPSA) is 104 Å². The van der Waals surface area contributed by atoms with E-state index in [0.717, 1.165) is 10.5 Å². The molecule has 0 radical (unpaired) electrons. The Morgan fingerprint density at radius 3 is 2.31 bits per heavy atom. The highest BCUT2D eigenvalue weighted by Gasteiger charge is 2.41. The Morgan fingerprint density at radius 2 is 1.62 bits per heavy atom. The van der Waals surface area contributed by atoms with Crippen molar-refractivity contribution in [3.8, 4) is 11.5 Å². The van der Waals surface area contributed by atoms with E-state index in [1.54, 1.807) is 12.1 Å². The molecule has 1 aliphatic heterocycles. The minimum absolute atomic E-state index is 0.0267. The van der Waals surface area contributed by atoms with Crippen molar-refractivity contribution in [3.63, 3.8) is 0 Å². The molecule has 2 aromatic carbocycles. The minimum atomic E-state index is -0.715. The van der Waals surface area contributed by atoms with E-state index in [0.29, 0.717) is 6.42 Å². The van der Waals surface area contributed by atoms with Gasteiger partial charge in [0, 0.05) is 6.54 Å². The third-order valence-corrected chi connectivity index (χ3v) is 4.38. The summed E-state index contributed by atoms with van der Waals surface area (Å²) in [5.41, 5.74) is 0.171. The van der Waals surface area contributed by atoms with Gasteiger partial charge in [-0.2, -0.15) is 5.10 Å². The van der Waals surface area contributed by atoms with E-state index in [2.05, 4.69) is 10.2 Å². The molecule has 2 N–H and O–H groups in total. The first kappa shape index (κ1) is 15.9. The van der Waals surface area contributed by atoms with Crippen LogP contribution in [0.5, 0.6) is 11.5 Å². The minimum Gasteiger partial charge on any atom is -0.506 e. The van der Waals surface area contributed by atoms with Crippen LogP contribution in [0.25, 0.3) is 10.9 Å². The standard InChI is InChI=1S/C18H12FN3O4/c19-10-3-1-9(2-4-10)6-8-22-17(25)12-13(18(22)26)16(24)14-11(15(12)23)5-7-20-21-14/h1-5,7,23-24H,6,8H2. The van der Waals surface area contributed by atoms with Crippen molar-refractivity contribution in [2.45, 2.75) is 6.42 Å². The quantitative estimate of drug-likeness (QED) is 0.551. The third-order valence-electron chi connectivity index (χ3n) is 4.38. The van der Waals surface area contributed by atoms with E-state index < -0.39 is 23.3 Å². The lowest BCUT2D eigenvalue weighted by Gasteiger charge is -2.13. The number of fused-ring (bicyclic) bond motifs is 2.